The molecule has 0 spiro atoms. The molecule has 78 valence electrons. The molecular weight excluding hydrogens is 170 g/mol. The van der Waals surface area contributed by atoms with Crippen LogP contribution in [0.15, 0.2) is 24.8 Å². The van der Waals surface area contributed by atoms with Crippen LogP contribution in [0, 0.1) is 17.3 Å². The number of nitrogens with one attached hydrogen (secondary N) is 1. The highest BCUT2D eigenvalue weighted by atomic mass is 14.9. The minimum absolute atomic E-state index is 0.475. The fourth-order valence-corrected chi connectivity index (χ4v) is 3.44. The maximum Gasteiger partial charge on any atom is 0.00111 e. The van der Waals surface area contributed by atoms with Crippen LogP contribution in [0.25, 0.3) is 0 Å². The lowest BCUT2D eigenvalue weighted by Gasteiger charge is -2.38. The van der Waals surface area contributed by atoms with Gasteiger partial charge in [0.15, 0.2) is 0 Å². The molecule has 2 aliphatic rings. The third-order valence-electron chi connectivity index (χ3n) is 4.12. The maximum absolute atomic E-state index is 4.25. The van der Waals surface area contributed by atoms with Crippen LogP contribution in [-0.2, 0) is 0 Å². The smallest absolute Gasteiger partial charge is 0.00111 e. The summed E-state index contributed by atoms with van der Waals surface area (Å²) >= 11 is 0. The first-order valence-corrected chi connectivity index (χ1v) is 5.66. The molecule has 3 atom stereocenters. The summed E-state index contributed by atoms with van der Waals surface area (Å²) in [6, 6.07) is 0. The Hall–Kier alpha value is -0.560. The van der Waals surface area contributed by atoms with Gasteiger partial charge in [-0.15, -0.1) is 6.58 Å². The molecule has 1 saturated carbocycles. The molecule has 0 radical (unpaired) electrons. The van der Waals surface area contributed by atoms with Crippen molar-refractivity contribution in [1.82, 2.24) is 5.32 Å². The van der Waals surface area contributed by atoms with Crippen LogP contribution in [0.3, 0.4) is 0 Å². The van der Waals surface area contributed by atoms with E-state index in [4.69, 9.17) is 0 Å². The van der Waals surface area contributed by atoms with E-state index in [0.717, 1.165) is 12.3 Å². The molecule has 1 aliphatic carbocycles. The third kappa shape index (κ3) is 1.44. The molecule has 1 heteroatoms. The predicted octanol–water partition coefficient (Wildman–Crippen LogP) is 2.75. The molecule has 0 aromatic heterocycles. The van der Waals surface area contributed by atoms with E-state index >= 15 is 0 Å². The first kappa shape index (κ1) is 9.97. The van der Waals surface area contributed by atoms with E-state index in [2.05, 4.69) is 31.5 Å². The van der Waals surface area contributed by atoms with E-state index in [-0.39, 0.29) is 0 Å². The van der Waals surface area contributed by atoms with Gasteiger partial charge in [-0.25, -0.2) is 0 Å². The highest BCUT2D eigenvalue weighted by Gasteiger charge is 2.47. The minimum atomic E-state index is 0.475. The Bertz CT molecular complexity index is 256. The molecule has 0 aromatic carbocycles. The molecule has 1 N–H and O–H groups in total. The third-order valence-corrected chi connectivity index (χ3v) is 4.12. The minimum Gasteiger partial charge on any atom is -0.316 e. The maximum atomic E-state index is 4.25. The van der Waals surface area contributed by atoms with Crippen LogP contribution in [0.1, 0.15) is 26.2 Å². The van der Waals surface area contributed by atoms with Crippen molar-refractivity contribution in [3.05, 3.63) is 24.8 Å². The van der Waals surface area contributed by atoms with Crippen molar-refractivity contribution in [2.45, 2.75) is 26.2 Å². The summed E-state index contributed by atoms with van der Waals surface area (Å²) in [4.78, 5) is 0. The number of hydrogen-bond donors (Lipinski definition) is 1. The Morgan fingerprint density at radius 2 is 2.43 bits per heavy atom. The molecule has 1 heterocycles. The molecule has 1 aliphatic heterocycles. The molecule has 2 fully saturated rings. The van der Waals surface area contributed by atoms with Gasteiger partial charge in [-0.2, -0.15) is 0 Å². The van der Waals surface area contributed by atoms with Crippen LogP contribution in [0.4, 0.5) is 0 Å². The number of rotatable bonds is 2. The van der Waals surface area contributed by atoms with Crippen molar-refractivity contribution in [3.63, 3.8) is 0 Å². The topological polar surface area (TPSA) is 12.0 Å². The second-order valence-corrected chi connectivity index (χ2v) is 5.19. The van der Waals surface area contributed by atoms with Gasteiger partial charge in [0.1, 0.15) is 0 Å². The van der Waals surface area contributed by atoms with E-state index < -0.39 is 0 Å². The van der Waals surface area contributed by atoms with E-state index in [9.17, 15) is 0 Å². The van der Waals surface area contributed by atoms with Crippen LogP contribution in [-0.4, -0.2) is 13.1 Å². The van der Waals surface area contributed by atoms with Crippen molar-refractivity contribution in [2.75, 3.05) is 13.1 Å². The Balaban J connectivity index is 2.19. The molecular formula is C13H21N. The number of hydrogen-bond acceptors (Lipinski definition) is 1. The number of allylic oxidation sites excluding steroid dienone is 2. The second kappa shape index (κ2) is 3.54. The van der Waals surface area contributed by atoms with Crippen LogP contribution in [0.5, 0.6) is 0 Å². The van der Waals surface area contributed by atoms with E-state index in [0.29, 0.717) is 11.3 Å². The summed E-state index contributed by atoms with van der Waals surface area (Å²) in [6.07, 6.45) is 5.71. The zero-order chi connectivity index (χ0) is 10.2. The van der Waals surface area contributed by atoms with E-state index in [1.54, 1.807) is 0 Å². The highest BCUT2D eigenvalue weighted by molar-refractivity contribution is 5.18. The summed E-state index contributed by atoms with van der Waals surface area (Å²) in [5, 5.41) is 3.51. The molecule has 0 amide bonds. The lowest BCUT2D eigenvalue weighted by atomic mass is 9.72. The van der Waals surface area contributed by atoms with Gasteiger partial charge in [0, 0.05) is 6.54 Å². The largest absolute Gasteiger partial charge is 0.316 e. The van der Waals surface area contributed by atoms with Crippen molar-refractivity contribution in [1.29, 1.82) is 0 Å². The predicted molar refractivity (Wildman–Crippen MR) is 61.1 cm³/mol. The lowest BCUT2D eigenvalue weighted by Crippen LogP contribution is -2.43. The van der Waals surface area contributed by atoms with Crippen LogP contribution in [0.2, 0.25) is 0 Å². The molecule has 3 unspecified atom stereocenters. The summed E-state index contributed by atoms with van der Waals surface area (Å²) in [5.74, 6) is 1.55. The summed E-state index contributed by atoms with van der Waals surface area (Å²) < 4.78 is 0. The van der Waals surface area contributed by atoms with Crippen LogP contribution >= 0.6 is 0 Å². The van der Waals surface area contributed by atoms with Gasteiger partial charge in [0.25, 0.3) is 0 Å². The quantitative estimate of drug-likeness (QED) is 0.662. The lowest BCUT2D eigenvalue weighted by molar-refractivity contribution is 0.142. The van der Waals surface area contributed by atoms with Gasteiger partial charge >= 0.3 is 0 Å². The average Bonchev–Trinajstić information content (AvgIpc) is 2.39. The van der Waals surface area contributed by atoms with E-state index in [1.165, 1.54) is 31.5 Å². The number of fused-ring (bicyclic) bond motifs is 1. The fraction of sp³-hybridized carbons (Fsp3) is 0.692. The van der Waals surface area contributed by atoms with Crippen molar-refractivity contribution < 1.29 is 0 Å². The zero-order valence-electron chi connectivity index (χ0n) is 9.18. The molecule has 0 aromatic rings. The summed E-state index contributed by atoms with van der Waals surface area (Å²) in [6.45, 7) is 12.9. The van der Waals surface area contributed by atoms with Gasteiger partial charge in [0.05, 0.1) is 0 Å². The Morgan fingerprint density at radius 3 is 3.14 bits per heavy atom. The summed E-state index contributed by atoms with van der Waals surface area (Å²) in [5.41, 5.74) is 1.93. The first-order valence-electron chi connectivity index (χ1n) is 5.66. The monoisotopic (exact) mass is 191 g/mol. The molecule has 14 heavy (non-hydrogen) atoms. The zero-order valence-corrected chi connectivity index (χ0v) is 9.18. The Kier molecular flexibility index (Phi) is 2.52. The molecule has 1 nitrogen and oxygen atoms in total. The van der Waals surface area contributed by atoms with Gasteiger partial charge in [-0.05, 0) is 43.1 Å². The number of piperidine rings is 1. The molecule has 0 bridgehead atoms. The van der Waals surface area contributed by atoms with Gasteiger partial charge in [0.2, 0.25) is 0 Å². The summed E-state index contributed by atoms with van der Waals surface area (Å²) in [7, 11) is 0. The van der Waals surface area contributed by atoms with Gasteiger partial charge in [-0.3, -0.25) is 0 Å². The Labute approximate surface area is 87.3 Å². The van der Waals surface area contributed by atoms with Gasteiger partial charge < -0.3 is 5.32 Å². The second-order valence-electron chi connectivity index (χ2n) is 5.19. The van der Waals surface area contributed by atoms with Gasteiger partial charge in [-0.1, -0.05) is 25.2 Å². The average molecular weight is 191 g/mol. The van der Waals surface area contributed by atoms with Crippen molar-refractivity contribution in [2.24, 2.45) is 17.3 Å². The fourth-order valence-electron chi connectivity index (χ4n) is 3.44. The SMILES string of the molecule is C=CCC1C(=C)CC2(C)CNCCC12. The highest BCUT2D eigenvalue weighted by Crippen LogP contribution is 2.52. The standard InChI is InChI=1S/C13H21N/c1-4-5-11-10(2)8-13(3)9-14-7-6-12(11)13/h4,11-12,14H,1-2,5-9H2,3H3. The van der Waals surface area contributed by atoms with Crippen molar-refractivity contribution in [3.8, 4) is 0 Å². The molecule has 1 saturated heterocycles. The normalized spacial score (nSPS) is 42.2. The molecule has 2 rings (SSSR count). The van der Waals surface area contributed by atoms with E-state index in [1.807, 2.05) is 0 Å². The first-order chi connectivity index (χ1) is 6.67. The Morgan fingerprint density at radius 1 is 1.64 bits per heavy atom. The van der Waals surface area contributed by atoms with Crippen molar-refractivity contribution >= 4 is 0 Å². The van der Waals surface area contributed by atoms with Crippen LogP contribution < -0.4 is 5.32 Å².